The van der Waals surface area contributed by atoms with Gasteiger partial charge in [0.1, 0.15) is 0 Å². The van der Waals surface area contributed by atoms with Crippen LogP contribution in [0.15, 0.2) is 0 Å². The third-order valence-electron chi connectivity index (χ3n) is 6.33. The molecule has 0 bridgehead atoms. The molecule has 3 nitrogen and oxygen atoms in total. The first-order valence-corrected chi connectivity index (χ1v) is 10.0. The second-order valence-electron chi connectivity index (χ2n) is 9.16. The van der Waals surface area contributed by atoms with Gasteiger partial charge in [0, 0.05) is 0 Å². The maximum absolute atomic E-state index is 11.0. The van der Waals surface area contributed by atoms with E-state index in [0.29, 0.717) is 29.6 Å². The molecule has 2 N–H and O–H groups in total. The Morgan fingerprint density at radius 1 is 0.833 bits per heavy atom. The Morgan fingerprint density at radius 2 is 1.29 bits per heavy atom. The Labute approximate surface area is 149 Å². The molecule has 0 radical (unpaired) electrons. The Kier molecular flexibility index (Phi) is 8.76. The van der Waals surface area contributed by atoms with Gasteiger partial charge in [-0.05, 0) is 61.2 Å². The number of aliphatic hydroxyl groups is 1. The summed E-state index contributed by atoms with van der Waals surface area (Å²) in [5.74, 6) is 2.76. The van der Waals surface area contributed by atoms with Crippen LogP contribution in [0, 0.1) is 41.4 Å². The van der Waals surface area contributed by atoms with Gasteiger partial charge in [0.15, 0.2) is 0 Å². The fourth-order valence-corrected chi connectivity index (χ4v) is 4.64. The lowest BCUT2D eigenvalue weighted by Crippen LogP contribution is -2.33. The lowest BCUT2D eigenvalue weighted by molar-refractivity contribution is -0.146. The highest BCUT2D eigenvalue weighted by atomic mass is 16.4. The quantitative estimate of drug-likeness (QED) is 0.740. The molecule has 2 saturated carbocycles. The van der Waals surface area contributed by atoms with Gasteiger partial charge in [-0.1, -0.05) is 54.4 Å². The predicted molar refractivity (Wildman–Crippen MR) is 99.8 cm³/mol. The van der Waals surface area contributed by atoms with E-state index in [9.17, 15) is 9.90 Å². The van der Waals surface area contributed by atoms with Crippen LogP contribution < -0.4 is 0 Å². The number of aliphatic hydroxyl groups excluding tert-OH is 1. The zero-order chi connectivity index (χ0) is 18.4. The van der Waals surface area contributed by atoms with Crippen LogP contribution in [0.4, 0.5) is 0 Å². The summed E-state index contributed by atoms with van der Waals surface area (Å²) in [6.07, 6.45) is 6.68. The molecule has 0 amide bonds. The molecule has 24 heavy (non-hydrogen) atoms. The standard InChI is InChI=1S/C11H20O2.C10H20O/c1-7(2)9-5-4-8(3)6-10(9)11(12)13;1-7(2)9-5-4-8(3)6-10(9)11/h7-10H,4-6H2,1-3H3,(H,12,13);7-11H,4-6H2,1-3H3. The second kappa shape index (κ2) is 9.79. The van der Waals surface area contributed by atoms with Crippen LogP contribution in [0.25, 0.3) is 0 Å². The smallest absolute Gasteiger partial charge is 0.306 e. The normalized spacial score (nSPS) is 37.0. The van der Waals surface area contributed by atoms with Crippen molar-refractivity contribution in [2.75, 3.05) is 0 Å². The molecule has 142 valence electrons. The average molecular weight is 341 g/mol. The van der Waals surface area contributed by atoms with Crippen LogP contribution in [-0.2, 0) is 4.79 Å². The molecule has 2 fully saturated rings. The van der Waals surface area contributed by atoms with Crippen LogP contribution in [0.5, 0.6) is 0 Å². The first kappa shape index (κ1) is 21.5. The minimum Gasteiger partial charge on any atom is -0.481 e. The van der Waals surface area contributed by atoms with Gasteiger partial charge in [0.2, 0.25) is 0 Å². The van der Waals surface area contributed by atoms with Crippen LogP contribution >= 0.6 is 0 Å². The molecule has 3 heteroatoms. The zero-order valence-corrected chi connectivity index (χ0v) is 16.7. The van der Waals surface area contributed by atoms with Crippen LogP contribution in [-0.4, -0.2) is 22.3 Å². The topological polar surface area (TPSA) is 57.5 Å². The van der Waals surface area contributed by atoms with E-state index in [1.165, 1.54) is 19.3 Å². The molecule has 0 heterocycles. The van der Waals surface area contributed by atoms with Crippen molar-refractivity contribution >= 4 is 5.97 Å². The van der Waals surface area contributed by atoms with E-state index in [0.717, 1.165) is 25.2 Å². The Bertz CT molecular complexity index is 377. The molecular formula is C21H40O3. The van der Waals surface area contributed by atoms with Crippen molar-refractivity contribution < 1.29 is 15.0 Å². The van der Waals surface area contributed by atoms with Gasteiger partial charge in [-0.2, -0.15) is 0 Å². The van der Waals surface area contributed by atoms with Crippen LogP contribution in [0.1, 0.15) is 80.1 Å². The molecule has 0 spiro atoms. The molecule has 2 rings (SSSR count). The molecule has 6 unspecified atom stereocenters. The van der Waals surface area contributed by atoms with Crippen LogP contribution in [0.2, 0.25) is 0 Å². The van der Waals surface area contributed by atoms with E-state index < -0.39 is 5.97 Å². The monoisotopic (exact) mass is 340 g/mol. The minimum absolute atomic E-state index is 0.0289. The molecule has 0 saturated heterocycles. The summed E-state index contributed by atoms with van der Waals surface area (Å²) in [5, 5.41) is 18.8. The summed E-state index contributed by atoms with van der Waals surface area (Å²) in [5.41, 5.74) is 0. The number of hydrogen-bond acceptors (Lipinski definition) is 2. The molecule has 0 aromatic rings. The van der Waals surface area contributed by atoms with Crippen molar-refractivity contribution in [3.05, 3.63) is 0 Å². The molecule has 0 aliphatic heterocycles. The number of aliphatic carboxylic acids is 1. The number of carbonyl (C=O) groups is 1. The first-order valence-electron chi connectivity index (χ1n) is 10.0. The van der Waals surface area contributed by atoms with Gasteiger partial charge in [-0.15, -0.1) is 0 Å². The molecular weight excluding hydrogens is 300 g/mol. The Morgan fingerprint density at radius 3 is 1.71 bits per heavy atom. The van der Waals surface area contributed by atoms with Crippen molar-refractivity contribution in [2.24, 2.45) is 41.4 Å². The van der Waals surface area contributed by atoms with E-state index in [1.54, 1.807) is 0 Å². The zero-order valence-electron chi connectivity index (χ0n) is 16.7. The third kappa shape index (κ3) is 6.38. The Hall–Kier alpha value is -0.570. The highest BCUT2D eigenvalue weighted by molar-refractivity contribution is 5.70. The highest BCUT2D eigenvalue weighted by Crippen LogP contribution is 2.38. The molecule has 0 aromatic heterocycles. The lowest BCUT2D eigenvalue weighted by Gasteiger charge is -2.34. The summed E-state index contributed by atoms with van der Waals surface area (Å²) in [6.45, 7) is 13.1. The van der Waals surface area contributed by atoms with Crippen molar-refractivity contribution in [1.29, 1.82) is 0 Å². The number of hydrogen-bond donors (Lipinski definition) is 2. The summed E-state index contributed by atoms with van der Waals surface area (Å²) < 4.78 is 0. The highest BCUT2D eigenvalue weighted by Gasteiger charge is 2.35. The van der Waals surface area contributed by atoms with Gasteiger partial charge in [0.25, 0.3) is 0 Å². The lowest BCUT2D eigenvalue weighted by atomic mass is 9.70. The Balaban J connectivity index is 0.000000243. The van der Waals surface area contributed by atoms with Gasteiger partial charge in [-0.3, -0.25) is 4.79 Å². The van der Waals surface area contributed by atoms with E-state index in [4.69, 9.17) is 5.11 Å². The second-order valence-corrected chi connectivity index (χ2v) is 9.16. The number of carboxylic acid groups (broad SMARTS) is 1. The SMILES string of the molecule is CC1CCC(C(C)C)C(C(=O)O)C1.CC1CCC(C(C)C)C(O)C1. The molecule has 2 aliphatic rings. The largest absolute Gasteiger partial charge is 0.481 e. The van der Waals surface area contributed by atoms with Gasteiger partial charge >= 0.3 is 5.97 Å². The van der Waals surface area contributed by atoms with Gasteiger partial charge in [0.05, 0.1) is 12.0 Å². The van der Waals surface area contributed by atoms with Gasteiger partial charge < -0.3 is 10.2 Å². The van der Waals surface area contributed by atoms with E-state index in [-0.39, 0.29) is 12.0 Å². The van der Waals surface area contributed by atoms with Gasteiger partial charge in [-0.25, -0.2) is 0 Å². The predicted octanol–water partition coefficient (Wildman–Crippen LogP) is 5.22. The fourth-order valence-electron chi connectivity index (χ4n) is 4.64. The van der Waals surface area contributed by atoms with E-state index in [2.05, 4.69) is 41.5 Å². The van der Waals surface area contributed by atoms with E-state index in [1.807, 2.05) is 0 Å². The molecule has 2 aliphatic carbocycles. The minimum atomic E-state index is -0.592. The molecule has 6 atom stereocenters. The maximum Gasteiger partial charge on any atom is 0.306 e. The van der Waals surface area contributed by atoms with Crippen molar-refractivity contribution in [1.82, 2.24) is 0 Å². The van der Waals surface area contributed by atoms with Crippen molar-refractivity contribution in [3.8, 4) is 0 Å². The number of rotatable bonds is 3. The maximum atomic E-state index is 11.0. The van der Waals surface area contributed by atoms with Crippen molar-refractivity contribution in [3.63, 3.8) is 0 Å². The third-order valence-corrected chi connectivity index (χ3v) is 6.33. The van der Waals surface area contributed by atoms with Crippen LogP contribution in [0.3, 0.4) is 0 Å². The van der Waals surface area contributed by atoms with Crippen molar-refractivity contribution in [2.45, 2.75) is 86.2 Å². The fraction of sp³-hybridized carbons (Fsp3) is 0.952. The average Bonchev–Trinajstić information content (AvgIpc) is 2.46. The summed E-state index contributed by atoms with van der Waals surface area (Å²) >= 11 is 0. The summed E-state index contributed by atoms with van der Waals surface area (Å²) in [7, 11) is 0. The number of carboxylic acids is 1. The first-order chi connectivity index (χ1) is 11.1. The summed E-state index contributed by atoms with van der Waals surface area (Å²) in [4.78, 5) is 11.0. The van der Waals surface area contributed by atoms with E-state index >= 15 is 0 Å². The summed E-state index contributed by atoms with van der Waals surface area (Å²) in [6, 6.07) is 0. The molecule has 0 aromatic carbocycles.